The molecule has 3 atom stereocenters. The van der Waals surface area contributed by atoms with Gasteiger partial charge in [-0.25, -0.2) is 9.80 Å². The average molecular weight is 557 g/mol. The summed E-state index contributed by atoms with van der Waals surface area (Å²) in [5, 5.41) is 7.15. The number of urea groups is 1. The zero-order valence-electron chi connectivity index (χ0n) is 24.4. The van der Waals surface area contributed by atoms with Gasteiger partial charge in [-0.3, -0.25) is 15.0 Å². The second-order valence-corrected chi connectivity index (χ2v) is 11.9. The second-order valence-electron chi connectivity index (χ2n) is 11.9. The van der Waals surface area contributed by atoms with E-state index in [1.807, 2.05) is 107 Å². The largest absolute Gasteiger partial charge is 0.497 e. The van der Waals surface area contributed by atoms with Gasteiger partial charge >= 0.3 is 6.03 Å². The molecule has 4 rings (SSSR count). The number of hydrogen-bond donors (Lipinski definition) is 3. The smallest absolute Gasteiger partial charge is 0.319 e. The molecule has 1 aliphatic heterocycles. The van der Waals surface area contributed by atoms with Crippen molar-refractivity contribution in [3.8, 4) is 5.75 Å². The highest BCUT2D eigenvalue weighted by Gasteiger charge is 2.40. The van der Waals surface area contributed by atoms with E-state index in [9.17, 15) is 14.4 Å². The molecule has 1 aliphatic rings. The van der Waals surface area contributed by atoms with Crippen LogP contribution in [0.4, 0.5) is 10.5 Å². The van der Waals surface area contributed by atoms with Crippen LogP contribution >= 0.6 is 0 Å². The van der Waals surface area contributed by atoms with Crippen LogP contribution in [0.25, 0.3) is 0 Å². The van der Waals surface area contributed by atoms with Gasteiger partial charge in [-0.15, -0.1) is 0 Å². The molecule has 0 aliphatic carbocycles. The summed E-state index contributed by atoms with van der Waals surface area (Å²) in [6.07, 6.45) is 1.14. The van der Waals surface area contributed by atoms with Crippen molar-refractivity contribution in [3.63, 3.8) is 0 Å². The Labute approximate surface area is 242 Å². The van der Waals surface area contributed by atoms with Gasteiger partial charge < -0.3 is 15.4 Å². The molecule has 1 heterocycles. The first-order valence-electron chi connectivity index (χ1n) is 14.0. The zero-order chi connectivity index (χ0) is 29.6. The summed E-state index contributed by atoms with van der Waals surface area (Å²) < 4.78 is 5.48. The zero-order valence-corrected chi connectivity index (χ0v) is 24.4. The fourth-order valence-corrected chi connectivity index (χ4v) is 5.18. The van der Waals surface area contributed by atoms with Gasteiger partial charge in [0.2, 0.25) is 5.91 Å². The molecule has 41 heavy (non-hydrogen) atoms. The number of carbonyl (C=O) groups excluding carboxylic acids is 3. The Kier molecular flexibility index (Phi) is 9.32. The molecule has 1 fully saturated rings. The molecule has 8 nitrogen and oxygen atoms in total. The Hall–Kier alpha value is -4.33. The summed E-state index contributed by atoms with van der Waals surface area (Å²) in [4.78, 5) is 40.6. The highest BCUT2D eigenvalue weighted by atomic mass is 16.5. The van der Waals surface area contributed by atoms with Crippen molar-refractivity contribution < 1.29 is 19.1 Å². The molecule has 3 N–H and O–H groups in total. The van der Waals surface area contributed by atoms with Gasteiger partial charge in [0.15, 0.2) is 0 Å². The van der Waals surface area contributed by atoms with Crippen molar-refractivity contribution in [1.29, 1.82) is 0 Å². The molecular weight excluding hydrogens is 516 g/mol. The number of benzene rings is 3. The molecule has 0 bridgehead atoms. The van der Waals surface area contributed by atoms with E-state index < -0.39 is 18.1 Å². The number of aryl methyl sites for hydroxylation is 1. The minimum Gasteiger partial charge on any atom is -0.497 e. The highest BCUT2D eigenvalue weighted by molar-refractivity contribution is 5.94. The summed E-state index contributed by atoms with van der Waals surface area (Å²) in [7, 11) is 1.60. The van der Waals surface area contributed by atoms with Crippen LogP contribution in [-0.2, 0) is 9.59 Å². The van der Waals surface area contributed by atoms with Gasteiger partial charge in [-0.2, -0.15) is 0 Å². The fourth-order valence-electron chi connectivity index (χ4n) is 5.18. The first-order chi connectivity index (χ1) is 19.5. The summed E-state index contributed by atoms with van der Waals surface area (Å²) in [6, 6.07) is 23.1. The number of nitrogens with one attached hydrogen (secondary N) is 3. The Bertz CT molecular complexity index is 1350. The minimum atomic E-state index is -0.879. The lowest BCUT2D eigenvalue weighted by molar-refractivity contribution is -0.146. The monoisotopic (exact) mass is 556 g/mol. The predicted octanol–water partition coefficient (Wildman–Crippen LogP) is 6.11. The number of carbonyl (C=O) groups is 3. The van der Waals surface area contributed by atoms with Crippen LogP contribution < -0.4 is 20.8 Å². The van der Waals surface area contributed by atoms with E-state index in [0.29, 0.717) is 24.3 Å². The maximum absolute atomic E-state index is 14.2. The molecule has 3 aromatic carbocycles. The number of amides is 4. The Morgan fingerprint density at radius 3 is 2.27 bits per heavy atom. The third-order valence-electron chi connectivity index (χ3n) is 7.18. The van der Waals surface area contributed by atoms with E-state index in [-0.39, 0.29) is 29.6 Å². The second kappa shape index (κ2) is 12.9. The lowest BCUT2D eigenvalue weighted by Crippen LogP contribution is -2.55. The maximum atomic E-state index is 14.2. The number of hydrogen-bond acceptors (Lipinski definition) is 4. The fraction of sp³-hybridized carbons (Fsp3) is 0.364. The van der Waals surface area contributed by atoms with Crippen LogP contribution in [0.1, 0.15) is 68.7 Å². The van der Waals surface area contributed by atoms with E-state index >= 15 is 0 Å². The lowest BCUT2D eigenvalue weighted by atomic mass is 9.86. The van der Waals surface area contributed by atoms with Gasteiger partial charge in [0.1, 0.15) is 11.8 Å². The molecule has 0 radical (unpaired) electrons. The van der Waals surface area contributed by atoms with Crippen LogP contribution in [0, 0.1) is 12.3 Å². The van der Waals surface area contributed by atoms with Crippen LogP contribution in [0.15, 0.2) is 78.9 Å². The predicted molar refractivity (Wildman–Crippen MR) is 160 cm³/mol. The molecule has 216 valence electrons. The number of anilines is 1. The van der Waals surface area contributed by atoms with E-state index in [0.717, 1.165) is 16.7 Å². The highest BCUT2D eigenvalue weighted by Crippen LogP contribution is 2.39. The van der Waals surface area contributed by atoms with E-state index in [2.05, 4.69) is 16.1 Å². The lowest BCUT2D eigenvalue weighted by Gasteiger charge is -2.33. The van der Waals surface area contributed by atoms with Gasteiger partial charge in [0.05, 0.1) is 13.2 Å². The minimum absolute atomic E-state index is 0.0782. The van der Waals surface area contributed by atoms with E-state index in [1.165, 1.54) is 5.01 Å². The molecular formula is C33H40N4O4. The number of rotatable bonds is 7. The first kappa shape index (κ1) is 29.6. The molecule has 8 heteroatoms. The third-order valence-corrected chi connectivity index (χ3v) is 7.18. The van der Waals surface area contributed by atoms with Crippen molar-refractivity contribution in [2.45, 2.75) is 65.0 Å². The summed E-state index contributed by atoms with van der Waals surface area (Å²) in [5.74, 6) is -0.0635. The Balaban J connectivity index is 1.71. The first-order valence-corrected chi connectivity index (χ1v) is 14.0. The normalized spacial score (nSPS) is 19.2. The van der Waals surface area contributed by atoms with Crippen molar-refractivity contribution in [1.82, 2.24) is 15.8 Å². The molecule has 0 saturated carbocycles. The van der Waals surface area contributed by atoms with Crippen LogP contribution in [0.5, 0.6) is 5.75 Å². The van der Waals surface area contributed by atoms with E-state index in [1.54, 1.807) is 7.11 Å². The number of methoxy groups -OCH3 is 1. The van der Waals surface area contributed by atoms with Crippen LogP contribution in [0.3, 0.4) is 0 Å². The number of hydrazine groups is 1. The van der Waals surface area contributed by atoms with Crippen molar-refractivity contribution in [2.75, 3.05) is 12.4 Å². The quantitative estimate of drug-likeness (QED) is 0.327. The third kappa shape index (κ3) is 8.10. The van der Waals surface area contributed by atoms with Gasteiger partial charge in [-0.1, -0.05) is 80.9 Å². The molecule has 3 aromatic rings. The molecule has 3 unspecified atom stereocenters. The topological polar surface area (TPSA) is 99.8 Å². The molecule has 4 amide bonds. The van der Waals surface area contributed by atoms with Gasteiger partial charge in [0, 0.05) is 12.1 Å². The summed E-state index contributed by atoms with van der Waals surface area (Å²) >= 11 is 0. The molecule has 0 spiro atoms. The molecule has 0 aromatic heterocycles. The Morgan fingerprint density at radius 1 is 0.927 bits per heavy atom. The summed E-state index contributed by atoms with van der Waals surface area (Å²) in [5.41, 5.74) is 6.23. The summed E-state index contributed by atoms with van der Waals surface area (Å²) in [6.45, 7) is 7.89. The van der Waals surface area contributed by atoms with Gasteiger partial charge in [0.25, 0.3) is 5.91 Å². The van der Waals surface area contributed by atoms with Crippen LogP contribution in [-0.4, -0.2) is 36.0 Å². The average Bonchev–Trinajstić information content (AvgIpc) is 3.06. The van der Waals surface area contributed by atoms with Gasteiger partial charge in [-0.05, 0) is 66.5 Å². The molecule has 1 saturated heterocycles. The van der Waals surface area contributed by atoms with Crippen molar-refractivity contribution >= 4 is 23.5 Å². The maximum Gasteiger partial charge on any atom is 0.319 e. The standard InChI is InChI=1S/C33H40N4O4/c1-22-14-16-26(17-15-22)34-32(40)35-28-19-25(23-10-7-6-8-11-23)20-29(24-12-9-13-27(18-24)41-5)37(31(28)39)36-30(38)21-33(2,3)4/h6-18,25,28-29H,19-21H2,1-5H3,(H,36,38)(H2,34,35,40). The van der Waals surface area contributed by atoms with Crippen molar-refractivity contribution in [3.05, 3.63) is 95.6 Å². The Morgan fingerprint density at radius 2 is 1.61 bits per heavy atom. The van der Waals surface area contributed by atoms with E-state index in [4.69, 9.17) is 4.74 Å². The van der Waals surface area contributed by atoms with Crippen LogP contribution in [0.2, 0.25) is 0 Å². The number of nitrogens with zero attached hydrogens (tertiary/aromatic N) is 1. The number of ether oxygens (including phenoxy) is 1. The SMILES string of the molecule is COc1cccc(C2CC(c3ccccc3)CC(NC(=O)Nc3ccc(C)cc3)C(=O)N2NC(=O)CC(C)(C)C)c1. The van der Waals surface area contributed by atoms with Crippen molar-refractivity contribution in [2.24, 2.45) is 5.41 Å².